The molecule has 2 rings (SSSR count). The van der Waals surface area contributed by atoms with E-state index < -0.39 is 4.92 Å². The number of anilines is 1. The molecule has 0 radical (unpaired) electrons. The van der Waals surface area contributed by atoms with E-state index in [1.807, 2.05) is 0 Å². The molecule has 1 atom stereocenters. The lowest BCUT2D eigenvalue weighted by molar-refractivity contribution is -0.384. The molecular formula is C15H21N3O3. The number of carbonyl (C=O) groups excluding carboxylic acids is 1. The summed E-state index contributed by atoms with van der Waals surface area (Å²) >= 11 is 0. The first-order valence-electron chi connectivity index (χ1n) is 7.32. The summed E-state index contributed by atoms with van der Waals surface area (Å²) in [5.74, 6) is 0.366. The molecule has 6 heteroatoms. The van der Waals surface area contributed by atoms with Crippen LogP contribution in [0.5, 0.6) is 0 Å². The van der Waals surface area contributed by atoms with Crippen LogP contribution in [0.2, 0.25) is 0 Å². The van der Waals surface area contributed by atoms with Crippen LogP contribution in [-0.2, 0) is 4.79 Å². The standard InChI is InChI=1S/C15H21N3O3/c1-11-4-6-13(14(9-11)18(20)21)17-15(19)7-5-12-3-2-8-16-10-12/h4,6,9,12,16H,2-3,5,7-8,10H2,1H3,(H,17,19). The molecule has 1 fully saturated rings. The van der Waals surface area contributed by atoms with Gasteiger partial charge in [0.05, 0.1) is 4.92 Å². The molecule has 0 spiro atoms. The molecule has 21 heavy (non-hydrogen) atoms. The summed E-state index contributed by atoms with van der Waals surface area (Å²) in [7, 11) is 0. The van der Waals surface area contributed by atoms with Gasteiger partial charge in [0.25, 0.3) is 5.69 Å². The molecule has 0 bridgehead atoms. The Kier molecular flexibility index (Phi) is 5.27. The number of piperidine rings is 1. The Hall–Kier alpha value is -1.95. The minimum Gasteiger partial charge on any atom is -0.320 e. The summed E-state index contributed by atoms with van der Waals surface area (Å²) < 4.78 is 0. The largest absolute Gasteiger partial charge is 0.320 e. The Morgan fingerprint density at radius 3 is 3.00 bits per heavy atom. The maximum absolute atomic E-state index is 12.0. The van der Waals surface area contributed by atoms with E-state index in [9.17, 15) is 14.9 Å². The quantitative estimate of drug-likeness (QED) is 0.645. The van der Waals surface area contributed by atoms with Gasteiger partial charge in [-0.05, 0) is 56.8 Å². The molecule has 114 valence electrons. The fourth-order valence-corrected chi connectivity index (χ4v) is 2.62. The highest BCUT2D eigenvalue weighted by molar-refractivity contribution is 5.93. The van der Waals surface area contributed by atoms with Crippen molar-refractivity contribution in [3.05, 3.63) is 33.9 Å². The summed E-state index contributed by atoms with van der Waals surface area (Å²) in [6, 6.07) is 4.82. The number of nitro groups is 1. The molecule has 0 aliphatic carbocycles. The van der Waals surface area contributed by atoms with E-state index in [0.717, 1.165) is 37.9 Å². The van der Waals surface area contributed by atoms with E-state index in [0.29, 0.717) is 12.3 Å². The van der Waals surface area contributed by atoms with Crippen molar-refractivity contribution in [2.24, 2.45) is 5.92 Å². The van der Waals surface area contributed by atoms with E-state index in [2.05, 4.69) is 10.6 Å². The summed E-state index contributed by atoms with van der Waals surface area (Å²) in [4.78, 5) is 22.5. The monoisotopic (exact) mass is 291 g/mol. The van der Waals surface area contributed by atoms with E-state index in [4.69, 9.17) is 0 Å². The smallest absolute Gasteiger partial charge is 0.293 e. The fourth-order valence-electron chi connectivity index (χ4n) is 2.62. The third kappa shape index (κ3) is 4.53. The normalized spacial score (nSPS) is 18.2. The van der Waals surface area contributed by atoms with Crippen molar-refractivity contribution in [3.8, 4) is 0 Å². The molecule has 2 N–H and O–H groups in total. The van der Waals surface area contributed by atoms with Gasteiger partial charge in [0.15, 0.2) is 0 Å². The zero-order valence-corrected chi connectivity index (χ0v) is 12.2. The van der Waals surface area contributed by atoms with Crippen molar-refractivity contribution in [2.75, 3.05) is 18.4 Å². The fraction of sp³-hybridized carbons (Fsp3) is 0.533. The lowest BCUT2D eigenvalue weighted by Gasteiger charge is -2.22. The molecule has 1 saturated heterocycles. The Labute approximate surface area is 124 Å². The molecule has 1 aliphatic rings. The van der Waals surface area contributed by atoms with Crippen molar-refractivity contribution in [1.29, 1.82) is 0 Å². The van der Waals surface area contributed by atoms with Gasteiger partial charge in [0.1, 0.15) is 5.69 Å². The predicted molar refractivity (Wildman–Crippen MR) is 81.3 cm³/mol. The number of nitro benzene ring substituents is 1. The van der Waals surface area contributed by atoms with Crippen molar-refractivity contribution >= 4 is 17.3 Å². The summed E-state index contributed by atoms with van der Waals surface area (Å²) in [6.45, 7) is 3.80. The molecule has 1 heterocycles. The molecule has 1 unspecified atom stereocenters. The molecule has 1 aliphatic heterocycles. The first kappa shape index (κ1) is 15.4. The van der Waals surface area contributed by atoms with Crippen LogP contribution in [0.15, 0.2) is 18.2 Å². The number of amides is 1. The lowest BCUT2D eigenvalue weighted by Crippen LogP contribution is -2.30. The minimum atomic E-state index is -0.465. The Morgan fingerprint density at radius 1 is 1.52 bits per heavy atom. The van der Waals surface area contributed by atoms with Gasteiger partial charge in [0.2, 0.25) is 5.91 Å². The maximum atomic E-state index is 12.0. The second-order valence-electron chi connectivity index (χ2n) is 5.58. The van der Waals surface area contributed by atoms with Crippen LogP contribution in [-0.4, -0.2) is 23.9 Å². The van der Waals surface area contributed by atoms with Gasteiger partial charge in [-0.2, -0.15) is 0 Å². The highest BCUT2D eigenvalue weighted by Crippen LogP contribution is 2.26. The van der Waals surface area contributed by atoms with Gasteiger partial charge in [-0.15, -0.1) is 0 Å². The molecule has 1 aromatic rings. The van der Waals surface area contributed by atoms with Gasteiger partial charge in [0, 0.05) is 12.5 Å². The Morgan fingerprint density at radius 2 is 2.33 bits per heavy atom. The van der Waals surface area contributed by atoms with Crippen molar-refractivity contribution in [1.82, 2.24) is 5.32 Å². The summed E-state index contributed by atoms with van der Waals surface area (Å²) in [5, 5.41) is 17.0. The van der Waals surface area contributed by atoms with E-state index in [-0.39, 0.29) is 17.3 Å². The van der Waals surface area contributed by atoms with E-state index in [1.54, 1.807) is 19.1 Å². The Balaban J connectivity index is 1.91. The SMILES string of the molecule is Cc1ccc(NC(=O)CCC2CCCNC2)c([N+](=O)[O-])c1. The van der Waals surface area contributed by atoms with Crippen LogP contribution in [0, 0.1) is 23.0 Å². The maximum Gasteiger partial charge on any atom is 0.293 e. The predicted octanol–water partition coefficient (Wildman–Crippen LogP) is 2.62. The van der Waals surface area contributed by atoms with Crippen LogP contribution in [0.3, 0.4) is 0 Å². The second kappa shape index (κ2) is 7.17. The average molecular weight is 291 g/mol. The first-order chi connectivity index (χ1) is 10.1. The van der Waals surface area contributed by atoms with Gasteiger partial charge in [-0.1, -0.05) is 6.07 Å². The Bertz CT molecular complexity index is 525. The van der Waals surface area contributed by atoms with Crippen molar-refractivity contribution in [3.63, 3.8) is 0 Å². The number of hydrogen-bond acceptors (Lipinski definition) is 4. The van der Waals surface area contributed by atoms with Crippen LogP contribution < -0.4 is 10.6 Å². The highest BCUT2D eigenvalue weighted by Gasteiger charge is 2.18. The van der Waals surface area contributed by atoms with Crippen molar-refractivity contribution in [2.45, 2.75) is 32.6 Å². The topological polar surface area (TPSA) is 84.3 Å². The molecule has 0 saturated carbocycles. The summed E-state index contributed by atoms with van der Waals surface area (Å²) in [6.07, 6.45) is 3.51. The van der Waals surface area contributed by atoms with Crippen LogP contribution >= 0.6 is 0 Å². The van der Waals surface area contributed by atoms with Gasteiger partial charge in [-0.25, -0.2) is 0 Å². The highest BCUT2D eigenvalue weighted by atomic mass is 16.6. The molecule has 0 aromatic heterocycles. The third-order valence-corrected chi connectivity index (χ3v) is 3.80. The number of nitrogens with zero attached hydrogens (tertiary/aromatic N) is 1. The molecule has 6 nitrogen and oxygen atoms in total. The van der Waals surface area contributed by atoms with Crippen LogP contribution in [0.25, 0.3) is 0 Å². The van der Waals surface area contributed by atoms with Crippen LogP contribution in [0.1, 0.15) is 31.2 Å². The molecule has 1 amide bonds. The number of carbonyl (C=O) groups is 1. The van der Waals surface area contributed by atoms with E-state index >= 15 is 0 Å². The van der Waals surface area contributed by atoms with Crippen LogP contribution in [0.4, 0.5) is 11.4 Å². The summed E-state index contributed by atoms with van der Waals surface area (Å²) in [5.41, 5.74) is 1.02. The van der Waals surface area contributed by atoms with Gasteiger partial charge >= 0.3 is 0 Å². The zero-order valence-electron chi connectivity index (χ0n) is 12.2. The minimum absolute atomic E-state index is 0.0531. The zero-order chi connectivity index (χ0) is 15.2. The molecular weight excluding hydrogens is 270 g/mol. The van der Waals surface area contributed by atoms with Gasteiger partial charge < -0.3 is 10.6 Å². The number of benzene rings is 1. The average Bonchev–Trinajstić information content (AvgIpc) is 2.48. The second-order valence-corrected chi connectivity index (χ2v) is 5.58. The van der Waals surface area contributed by atoms with E-state index in [1.165, 1.54) is 6.07 Å². The number of hydrogen-bond donors (Lipinski definition) is 2. The first-order valence-corrected chi connectivity index (χ1v) is 7.32. The number of nitrogens with one attached hydrogen (secondary N) is 2. The third-order valence-electron chi connectivity index (χ3n) is 3.80. The lowest BCUT2D eigenvalue weighted by atomic mass is 9.94. The number of aryl methyl sites for hydroxylation is 1. The molecule has 1 aromatic carbocycles. The number of rotatable bonds is 5. The van der Waals surface area contributed by atoms with Crippen molar-refractivity contribution < 1.29 is 9.72 Å². The van der Waals surface area contributed by atoms with Gasteiger partial charge in [-0.3, -0.25) is 14.9 Å².